The van der Waals surface area contributed by atoms with E-state index in [1.54, 1.807) is 0 Å². The molecule has 4 heteroatoms. The lowest BCUT2D eigenvalue weighted by Gasteiger charge is -2.08. The van der Waals surface area contributed by atoms with E-state index < -0.39 is 0 Å². The number of aromatic nitrogens is 2. The molecule has 4 nitrogen and oxygen atoms in total. The predicted molar refractivity (Wildman–Crippen MR) is 65.5 cm³/mol. The molecule has 0 aliphatic carbocycles. The average Bonchev–Trinajstić information content (AvgIpc) is 2.62. The molecule has 0 saturated heterocycles. The Kier molecular flexibility index (Phi) is 6.11. The van der Waals surface area contributed by atoms with Crippen molar-refractivity contribution in [3.05, 3.63) is 18.0 Å². The van der Waals surface area contributed by atoms with Gasteiger partial charge in [0.1, 0.15) is 0 Å². The molecular weight excluding hydrogens is 202 g/mol. The Hall–Kier alpha value is -0.870. The Labute approximate surface area is 98.0 Å². The summed E-state index contributed by atoms with van der Waals surface area (Å²) in [5.41, 5.74) is 1.21. The molecule has 16 heavy (non-hydrogen) atoms. The van der Waals surface area contributed by atoms with Gasteiger partial charge in [0.2, 0.25) is 0 Å². The van der Waals surface area contributed by atoms with Gasteiger partial charge < -0.3 is 10.1 Å². The van der Waals surface area contributed by atoms with Crippen molar-refractivity contribution in [2.24, 2.45) is 0 Å². The second-order valence-electron chi connectivity index (χ2n) is 4.30. The minimum absolute atomic E-state index is 0.340. The molecule has 0 spiro atoms. The topological polar surface area (TPSA) is 39.1 Å². The Morgan fingerprint density at radius 3 is 2.88 bits per heavy atom. The molecule has 0 amide bonds. The van der Waals surface area contributed by atoms with E-state index in [2.05, 4.69) is 37.4 Å². The Morgan fingerprint density at radius 1 is 1.44 bits per heavy atom. The van der Waals surface area contributed by atoms with Crippen LogP contribution in [0.1, 0.15) is 25.8 Å². The lowest BCUT2D eigenvalue weighted by Crippen LogP contribution is -2.22. The SMILES string of the molecule is Cc1cnn(CCNCCCOC(C)C)c1. The van der Waals surface area contributed by atoms with Crippen LogP contribution in [0.25, 0.3) is 0 Å². The van der Waals surface area contributed by atoms with Crippen LogP contribution in [0.15, 0.2) is 12.4 Å². The Balaban J connectivity index is 1.92. The molecule has 0 radical (unpaired) electrons. The fraction of sp³-hybridized carbons (Fsp3) is 0.750. The Bertz CT molecular complexity index is 284. The largest absolute Gasteiger partial charge is 0.379 e. The molecule has 0 aromatic carbocycles. The van der Waals surface area contributed by atoms with Gasteiger partial charge in [0.15, 0.2) is 0 Å². The first kappa shape index (κ1) is 13.2. The predicted octanol–water partition coefficient (Wildman–Crippen LogP) is 1.60. The summed E-state index contributed by atoms with van der Waals surface area (Å²) in [6, 6.07) is 0. The van der Waals surface area contributed by atoms with Gasteiger partial charge in [-0.25, -0.2) is 0 Å². The number of rotatable bonds is 8. The highest BCUT2D eigenvalue weighted by atomic mass is 16.5. The number of nitrogens with zero attached hydrogens (tertiary/aromatic N) is 2. The van der Waals surface area contributed by atoms with Gasteiger partial charge in [0.05, 0.1) is 18.8 Å². The minimum Gasteiger partial charge on any atom is -0.379 e. The molecule has 1 aromatic rings. The van der Waals surface area contributed by atoms with Crippen molar-refractivity contribution in [3.8, 4) is 0 Å². The summed E-state index contributed by atoms with van der Waals surface area (Å²) in [7, 11) is 0. The van der Waals surface area contributed by atoms with Crippen LogP contribution in [0.2, 0.25) is 0 Å². The number of hydrogen-bond acceptors (Lipinski definition) is 3. The van der Waals surface area contributed by atoms with Crippen LogP contribution >= 0.6 is 0 Å². The summed E-state index contributed by atoms with van der Waals surface area (Å²) in [5, 5.41) is 7.60. The van der Waals surface area contributed by atoms with Crippen molar-refractivity contribution < 1.29 is 4.74 Å². The van der Waals surface area contributed by atoms with Gasteiger partial charge >= 0.3 is 0 Å². The molecule has 1 rings (SSSR count). The van der Waals surface area contributed by atoms with Crippen molar-refractivity contribution in [2.75, 3.05) is 19.7 Å². The van der Waals surface area contributed by atoms with Crippen molar-refractivity contribution >= 4 is 0 Å². The normalized spacial score (nSPS) is 11.2. The van der Waals surface area contributed by atoms with Gasteiger partial charge in [0, 0.05) is 19.3 Å². The molecule has 0 aliphatic rings. The first-order valence-electron chi connectivity index (χ1n) is 6.00. The molecular formula is C12H23N3O. The highest BCUT2D eigenvalue weighted by Gasteiger charge is 1.95. The number of nitrogens with one attached hydrogen (secondary N) is 1. The van der Waals surface area contributed by atoms with E-state index in [1.165, 1.54) is 5.56 Å². The summed E-state index contributed by atoms with van der Waals surface area (Å²) >= 11 is 0. The third-order valence-electron chi connectivity index (χ3n) is 2.23. The highest BCUT2D eigenvalue weighted by Crippen LogP contribution is 1.93. The lowest BCUT2D eigenvalue weighted by atomic mass is 10.4. The van der Waals surface area contributed by atoms with Crippen molar-refractivity contribution in [1.82, 2.24) is 15.1 Å². The second-order valence-corrected chi connectivity index (χ2v) is 4.30. The van der Waals surface area contributed by atoms with E-state index >= 15 is 0 Å². The molecule has 1 heterocycles. The number of aryl methyl sites for hydroxylation is 1. The minimum atomic E-state index is 0.340. The number of ether oxygens (including phenoxy) is 1. The average molecular weight is 225 g/mol. The van der Waals surface area contributed by atoms with E-state index in [0.29, 0.717) is 6.10 Å². The van der Waals surface area contributed by atoms with Crippen molar-refractivity contribution in [1.29, 1.82) is 0 Å². The van der Waals surface area contributed by atoms with E-state index in [9.17, 15) is 0 Å². The van der Waals surface area contributed by atoms with Crippen LogP contribution in [0, 0.1) is 6.92 Å². The van der Waals surface area contributed by atoms with E-state index in [0.717, 1.165) is 32.7 Å². The monoisotopic (exact) mass is 225 g/mol. The van der Waals surface area contributed by atoms with E-state index in [1.807, 2.05) is 10.9 Å². The first-order chi connectivity index (χ1) is 7.68. The van der Waals surface area contributed by atoms with Crippen molar-refractivity contribution in [3.63, 3.8) is 0 Å². The smallest absolute Gasteiger partial charge is 0.0534 e. The highest BCUT2D eigenvalue weighted by molar-refractivity contribution is 4.99. The van der Waals surface area contributed by atoms with Gasteiger partial charge in [-0.3, -0.25) is 4.68 Å². The zero-order valence-corrected chi connectivity index (χ0v) is 10.6. The molecule has 0 unspecified atom stereocenters. The maximum Gasteiger partial charge on any atom is 0.0534 e. The summed E-state index contributed by atoms with van der Waals surface area (Å²) in [6.07, 6.45) is 5.35. The molecule has 0 fully saturated rings. The van der Waals surface area contributed by atoms with Crippen LogP contribution in [0.3, 0.4) is 0 Å². The van der Waals surface area contributed by atoms with Crippen LogP contribution in [-0.2, 0) is 11.3 Å². The molecule has 0 aliphatic heterocycles. The zero-order chi connectivity index (χ0) is 11.8. The van der Waals surface area contributed by atoms with Crippen LogP contribution in [0.4, 0.5) is 0 Å². The zero-order valence-electron chi connectivity index (χ0n) is 10.6. The van der Waals surface area contributed by atoms with Gasteiger partial charge in [-0.05, 0) is 39.3 Å². The summed E-state index contributed by atoms with van der Waals surface area (Å²) in [5.74, 6) is 0. The second kappa shape index (κ2) is 7.41. The summed E-state index contributed by atoms with van der Waals surface area (Å²) < 4.78 is 7.42. The third kappa shape index (κ3) is 5.88. The quantitative estimate of drug-likeness (QED) is 0.683. The number of hydrogen-bond donors (Lipinski definition) is 1. The van der Waals surface area contributed by atoms with Gasteiger partial charge in [-0.1, -0.05) is 0 Å². The van der Waals surface area contributed by atoms with E-state index in [4.69, 9.17) is 4.74 Å². The first-order valence-corrected chi connectivity index (χ1v) is 6.00. The summed E-state index contributed by atoms with van der Waals surface area (Å²) in [6.45, 7) is 9.92. The van der Waals surface area contributed by atoms with Gasteiger partial charge in [0.25, 0.3) is 0 Å². The summed E-state index contributed by atoms with van der Waals surface area (Å²) in [4.78, 5) is 0. The van der Waals surface area contributed by atoms with Crippen molar-refractivity contribution in [2.45, 2.75) is 39.8 Å². The van der Waals surface area contributed by atoms with Crippen LogP contribution < -0.4 is 5.32 Å². The van der Waals surface area contributed by atoms with Gasteiger partial charge in [-0.2, -0.15) is 5.10 Å². The van der Waals surface area contributed by atoms with Crippen LogP contribution in [-0.4, -0.2) is 35.6 Å². The third-order valence-corrected chi connectivity index (χ3v) is 2.23. The lowest BCUT2D eigenvalue weighted by molar-refractivity contribution is 0.0771. The van der Waals surface area contributed by atoms with Crippen LogP contribution in [0.5, 0.6) is 0 Å². The van der Waals surface area contributed by atoms with Gasteiger partial charge in [-0.15, -0.1) is 0 Å². The molecule has 0 atom stereocenters. The Morgan fingerprint density at radius 2 is 2.25 bits per heavy atom. The maximum absolute atomic E-state index is 5.45. The molecule has 1 N–H and O–H groups in total. The van der Waals surface area contributed by atoms with E-state index in [-0.39, 0.29) is 0 Å². The maximum atomic E-state index is 5.45. The molecule has 0 saturated carbocycles. The fourth-order valence-corrected chi connectivity index (χ4v) is 1.42. The standard InChI is InChI=1S/C12H23N3O/c1-11(2)16-8-4-5-13-6-7-15-10-12(3)9-14-15/h9-11,13H,4-8H2,1-3H3. The molecule has 92 valence electrons. The molecule has 1 aromatic heterocycles. The fourth-order valence-electron chi connectivity index (χ4n) is 1.42. The molecule has 0 bridgehead atoms.